The molecular weight excluding hydrogens is 306 g/mol. The lowest BCUT2D eigenvalue weighted by molar-refractivity contribution is -0.134. The summed E-state index contributed by atoms with van der Waals surface area (Å²) >= 11 is 0. The summed E-state index contributed by atoms with van der Waals surface area (Å²) in [5.74, 6) is -1.15. The average Bonchev–Trinajstić information content (AvgIpc) is 2.92. The highest BCUT2D eigenvalue weighted by atomic mass is 16.5. The molecule has 1 aromatic rings. The molecule has 0 amide bonds. The summed E-state index contributed by atoms with van der Waals surface area (Å²) < 4.78 is 10.8. The predicted molar refractivity (Wildman–Crippen MR) is 80.7 cm³/mol. The van der Waals surface area contributed by atoms with E-state index in [1.807, 2.05) is 24.3 Å². The maximum absolute atomic E-state index is 9.59. The number of aliphatic hydroxyl groups excluding tert-OH is 1. The van der Waals surface area contributed by atoms with Gasteiger partial charge in [-0.05, 0) is 12.1 Å². The number of hydrogen-bond donors (Lipinski definition) is 4. The normalized spacial score (nSPS) is 19.7. The largest absolute Gasteiger partial charge is 0.493 e. The minimum atomic E-state index is -1.26. The number of carboxylic acids is 2. The fourth-order valence-electron chi connectivity index (χ4n) is 1.78. The molecule has 8 heteroatoms. The first kappa shape index (κ1) is 18.5. The maximum Gasteiger partial charge on any atom is 0.328 e. The van der Waals surface area contributed by atoms with Crippen LogP contribution in [0.3, 0.4) is 0 Å². The number of benzene rings is 1. The van der Waals surface area contributed by atoms with Crippen molar-refractivity contribution in [2.75, 3.05) is 20.2 Å². The third-order valence-corrected chi connectivity index (χ3v) is 2.84. The van der Waals surface area contributed by atoms with Gasteiger partial charge >= 0.3 is 11.9 Å². The van der Waals surface area contributed by atoms with Crippen LogP contribution in [0.2, 0.25) is 0 Å². The molecule has 0 spiro atoms. The number of aliphatic carboxylic acids is 2. The van der Waals surface area contributed by atoms with Crippen LogP contribution < -0.4 is 14.8 Å². The van der Waals surface area contributed by atoms with Crippen LogP contribution in [-0.4, -0.2) is 59.7 Å². The van der Waals surface area contributed by atoms with Gasteiger partial charge in [0.25, 0.3) is 0 Å². The van der Waals surface area contributed by atoms with Crippen molar-refractivity contribution >= 4 is 11.9 Å². The Morgan fingerprint density at radius 2 is 1.70 bits per heavy atom. The monoisotopic (exact) mass is 325 g/mol. The van der Waals surface area contributed by atoms with Gasteiger partial charge in [0.15, 0.2) is 11.5 Å². The summed E-state index contributed by atoms with van der Waals surface area (Å²) in [6, 6.07) is 7.44. The van der Waals surface area contributed by atoms with Gasteiger partial charge < -0.3 is 30.1 Å². The molecule has 1 aliphatic rings. The number of β-amino-alcohol motifs (C(OH)–C–C–N with tert-alkyl or cyclic N) is 1. The second kappa shape index (κ2) is 9.44. The molecule has 0 aromatic heterocycles. The summed E-state index contributed by atoms with van der Waals surface area (Å²) in [6.45, 7) is 1.25. The summed E-state index contributed by atoms with van der Waals surface area (Å²) in [6.07, 6.45) is 0.473. The summed E-state index contributed by atoms with van der Waals surface area (Å²) in [5, 5.41) is 28.3. The van der Waals surface area contributed by atoms with E-state index in [0.717, 1.165) is 0 Å². The zero-order chi connectivity index (χ0) is 17.2. The summed E-state index contributed by atoms with van der Waals surface area (Å²) in [5.41, 5.74) is 0. The number of para-hydroxylation sites is 2. The number of hydrogen-bond acceptors (Lipinski definition) is 6. The van der Waals surface area contributed by atoms with E-state index in [2.05, 4.69) is 5.32 Å². The Morgan fingerprint density at radius 3 is 2.13 bits per heavy atom. The van der Waals surface area contributed by atoms with Gasteiger partial charge in [0.05, 0.1) is 7.11 Å². The van der Waals surface area contributed by atoms with E-state index in [-0.39, 0.29) is 6.10 Å². The lowest BCUT2D eigenvalue weighted by Gasteiger charge is -2.17. The number of aliphatic hydroxyl groups is 1. The van der Waals surface area contributed by atoms with Crippen molar-refractivity contribution in [1.29, 1.82) is 0 Å². The van der Waals surface area contributed by atoms with Crippen LogP contribution in [0.5, 0.6) is 11.5 Å². The molecule has 0 unspecified atom stereocenters. The van der Waals surface area contributed by atoms with E-state index in [4.69, 9.17) is 19.7 Å². The van der Waals surface area contributed by atoms with Crippen LogP contribution in [-0.2, 0) is 9.59 Å². The topological polar surface area (TPSA) is 125 Å². The second-order valence-electron chi connectivity index (χ2n) is 4.54. The molecule has 126 valence electrons. The lowest BCUT2D eigenvalue weighted by Crippen LogP contribution is -2.29. The van der Waals surface area contributed by atoms with E-state index in [0.29, 0.717) is 36.7 Å². The lowest BCUT2D eigenvalue weighted by atomic mass is 10.2. The number of methoxy groups -OCH3 is 1. The van der Waals surface area contributed by atoms with Crippen LogP contribution in [0.15, 0.2) is 36.4 Å². The molecule has 2 atom stereocenters. The highest BCUT2D eigenvalue weighted by Crippen LogP contribution is 2.27. The Labute approximate surface area is 133 Å². The fraction of sp³-hybridized carbons (Fsp3) is 0.333. The van der Waals surface area contributed by atoms with Gasteiger partial charge in [0.1, 0.15) is 12.2 Å². The number of carboxylic acid groups (broad SMARTS) is 2. The van der Waals surface area contributed by atoms with Gasteiger partial charge in [-0.3, -0.25) is 0 Å². The van der Waals surface area contributed by atoms with Crippen molar-refractivity contribution < 1.29 is 34.4 Å². The number of rotatable bonds is 5. The summed E-state index contributed by atoms with van der Waals surface area (Å²) in [4.78, 5) is 19.1. The third-order valence-electron chi connectivity index (χ3n) is 2.84. The van der Waals surface area contributed by atoms with E-state index >= 15 is 0 Å². The molecule has 1 aromatic carbocycles. The zero-order valence-electron chi connectivity index (χ0n) is 12.5. The maximum atomic E-state index is 9.59. The predicted octanol–water partition coefficient (Wildman–Crippen LogP) is 0.119. The fourth-order valence-corrected chi connectivity index (χ4v) is 1.78. The Hall–Kier alpha value is -2.58. The first-order chi connectivity index (χ1) is 10.9. The van der Waals surface area contributed by atoms with Crippen molar-refractivity contribution in [1.82, 2.24) is 5.32 Å². The van der Waals surface area contributed by atoms with Crippen molar-refractivity contribution in [2.24, 2.45) is 0 Å². The minimum absolute atomic E-state index is 0.193. The van der Waals surface area contributed by atoms with Crippen LogP contribution in [0.25, 0.3) is 0 Å². The van der Waals surface area contributed by atoms with Crippen molar-refractivity contribution in [3.05, 3.63) is 36.4 Å². The van der Waals surface area contributed by atoms with Crippen LogP contribution in [0.1, 0.15) is 0 Å². The average molecular weight is 325 g/mol. The van der Waals surface area contributed by atoms with E-state index < -0.39 is 18.0 Å². The molecule has 2 rings (SSSR count). The molecule has 0 aliphatic carbocycles. The smallest absolute Gasteiger partial charge is 0.328 e. The van der Waals surface area contributed by atoms with Crippen LogP contribution >= 0.6 is 0 Å². The van der Waals surface area contributed by atoms with Gasteiger partial charge in [0, 0.05) is 25.2 Å². The van der Waals surface area contributed by atoms with Crippen LogP contribution in [0.4, 0.5) is 0 Å². The molecule has 1 heterocycles. The Morgan fingerprint density at radius 1 is 1.13 bits per heavy atom. The third kappa shape index (κ3) is 6.81. The van der Waals surface area contributed by atoms with Crippen molar-refractivity contribution in [3.63, 3.8) is 0 Å². The Bertz CT molecular complexity index is 543. The molecular formula is C15H19NO7. The molecule has 1 saturated heterocycles. The SMILES string of the molecule is COc1ccccc1O[C@@H]1CNC[C@H]1O.O=C(O)C=CC(=O)O. The van der Waals surface area contributed by atoms with Crippen molar-refractivity contribution in [2.45, 2.75) is 12.2 Å². The van der Waals surface area contributed by atoms with Gasteiger partial charge in [-0.2, -0.15) is 0 Å². The molecule has 1 fully saturated rings. The molecule has 23 heavy (non-hydrogen) atoms. The quantitative estimate of drug-likeness (QED) is 0.563. The standard InChI is InChI=1S/C11H15NO3.C4H4O4/c1-14-9-4-2-3-5-10(9)15-11-7-12-6-8(11)13;5-3(6)1-2-4(7)8/h2-5,8,11-13H,6-7H2,1H3;1-2H,(H,5,6)(H,7,8)/t8-,11-;/m1./s1. The van der Waals surface area contributed by atoms with Gasteiger partial charge in [-0.25, -0.2) is 9.59 Å². The van der Waals surface area contributed by atoms with Gasteiger partial charge in [-0.1, -0.05) is 12.1 Å². The second-order valence-corrected chi connectivity index (χ2v) is 4.54. The number of carbonyl (C=O) groups is 2. The van der Waals surface area contributed by atoms with Gasteiger partial charge in [-0.15, -0.1) is 0 Å². The molecule has 0 saturated carbocycles. The molecule has 1 aliphatic heterocycles. The molecule has 4 N–H and O–H groups in total. The van der Waals surface area contributed by atoms with Crippen LogP contribution in [0, 0.1) is 0 Å². The number of nitrogens with one attached hydrogen (secondary N) is 1. The highest BCUT2D eigenvalue weighted by Gasteiger charge is 2.27. The van der Waals surface area contributed by atoms with E-state index in [9.17, 15) is 14.7 Å². The first-order valence-corrected chi connectivity index (χ1v) is 6.76. The Balaban J connectivity index is 0.000000284. The van der Waals surface area contributed by atoms with E-state index in [1.54, 1.807) is 7.11 Å². The van der Waals surface area contributed by atoms with Gasteiger partial charge in [0.2, 0.25) is 0 Å². The van der Waals surface area contributed by atoms with Crippen molar-refractivity contribution in [3.8, 4) is 11.5 Å². The Kier molecular flexibility index (Phi) is 7.58. The zero-order valence-corrected chi connectivity index (χ0v) is 12.5. The minimum Gasteiger partial charge on any atom is -0.493 e. The van der Waals surface area contributed by atoms with E-state index in [1.165, 1.54) is 0 Å². The summed E-state index contributed by atoms with van der Waals surface area (Å²) in [7, 11) is 1.60. The first-order valence-electron chi connectivity index (χ1n) is 6.76. The molecule has 8 nitrogen and oxygen atoms in total. The highest BCUT2D eigenvalue weighted by molar-refractivity contribution is 5.89. The number of ether oxygens (including phenoxy) is 2. The molecule has 0 radical (unpaired) electrons. The molecule has 0 bridgehead atoms.